The molecule has 18 heavy (non-hydrogen) atoms. The summed E-state index contributed by atoms with van der Waals surface area (Å²) >= 11 is 5.99. The zero-order valence-electron chi connectivity index (χ0n) is 9.55. The van der Waals surface area contributed by atoms with Gasteiger partial charge in [0, 0.05) is 0 Å². The van der Waals surface area contributed by atoms with Crippen molar-refractivity contribution >= 4 is 23.2 Å². The van der Waals surface area contributed by atoms with Gasteiger partial charge >= 0.3 is 0 Å². The van der Waals surface area contributed by atoms with Crippen molar-refractivity contribution in [3.63, 3.8) is 0 Å². The van der Waals surface area contributed by atoms with Gasteiger partial charge in [-0.3, -0.25) is 0 Å². The number of anilines is 2. The first-order valence-electron chi connectivity index (χ1n) is 5.40. The number of halogens is 1. The maximum Gasteiger partial charge on any atom is 0.151 e. The van der Waals surface area contributed by atoms with Crippen LogP contribution in [0.25, 0.3) is 0 Å². The van der Waals surface area contributed by atoms with Gasteiger partial charge in [-0.1, -0.05) is 41.9 Å². The summed E-state index contributed by atoms with van der Waals surface area (Å²) in [6.07, 6.45) is 1.32. The molecule has 0 radical (unpaired) electrons. The molecule has 1 aromatic heterocycles. The Labute approximate surface area is 110 Å². The molecule has 5 nitrogen and oxygen atoms in total. The molecule has 0 spiro atoms. The Balaban J connectivity index is 2.24. The van der Waals surface area contributed by atoms with E-state index < -0.39 is 0 Å². The van der Waals surface area contributed by atoms with Gasteiger partial charge in [0.05, 0.1) is 12.6 Å². The highest BCUT2D eigenvalue weighted by Gasteiger charge is 2.13. The van der Waals surface area contributed by atoms with Crippen LogP contribution in [0.2, 0.25) is 5.02 Å². The summed E-state index contributed by atoms with van der Waals surface area (Å²) in [6.45, 7) is -0.0791. The van der Waals surface area contributed by atoms with E-state index in [-0.39, 0.29) is 23.5 Å². The summed E-state index contributed by atoms with van der Waals surface area (Å²) in [6, 6.07) is 9.23. The van der Waals surface area contributed by atoms with Crippen molar-refractivity contribution in [2.75, 3.05) is 17.7 Å². The topological polar surface area (TPSA) is 84.1 Å². The van der Waals surface area contributed by atoms with E-state index in [0.717, 1.165) is 5.56 Å². The number of rotatable bonds is 4. The van der Waals surface area contributed by atoms with E-state index in [1.54, 1.807) is 0 Å². The summed E-state index contributed by atoms with van der Waals surface area (Å²) in [5.41, 5.74) is 6.53. The molecule has 4 N–H and O–H groups in total. The minimum absolute atomic E-state index is 0.0791. The van der Waals surface area contributed by atoms with Gasteiger partial charge in [-0.25, -0.2) is 9.97 Å². The highest BCUT2D eigenvalue weighted by atomic mass is 35.5. The number of nitrogen functional groups attached to an aromatic ring is 1. The third-order valence-corrected chi connectivity index (χ3v) is 2.88. The van der Waals surface area contributed by atoms with E-state index in [2.05, 4.69) is 15.3 Å². The molecule has 0 fully saturated rings. The summed E-state index contributed by atoms with van der Waals surface area (Å²) in [5.74, 6) is 0.617. The fourth-order valence-corrected chi connectivity index (χ4v) is 1.72. The molecule has 0 aliphatic carbocycles. The predicted molar refractivity (Wildman–Crippen MR) is 71.3 cm³/mol. The van der Waals surface area contributed by atoms with Gasteiger partial charge in [-0.2, -0.15) is 0 Å². The molecule has 0 bridgehead atoms. The van der Waals surface area contributed by atoms with Crippen molar-refractivity contribution in [1.82, 2.24) is 9.97 Å². The molecule has 2 rings (SSSR count). The Kier molecular flexibility index (Phi) is 3.96. The van der Waals surface area contributed by atoms with E-state index in [0.29, 0.717) is 5.82 Å². The molecule has 2 aromatic rings. The zero-order chi connectivity index (χ0) is 13.0. The SMILES string of the molecule is Nc1ncnc(NC(CO)c2ccccc2)c1Cl. The van der Waals surface area contributed by atoms with Crippen molar-refractivity contribution in [2.45, 2.75) is 6.04 Å². The van der Waals surface area contributed by atoms with Crippen LogP contribution in [0.1, 0.15) is 11.6 Å². The summed E-state index contributed by atoms with van der Waals surface area (Å²) in [4.78, 5) is 7.78. The van der Waals surface area contributed by atoms with Gasteiger partial charge in [0.1, 0.15) is 17.2 Å². The third kappa shape index (κ3) is 2.69. The first-order chi connectivity index (χ1) is 8.72. The van der Waals surface area contributed by atoms with Crippen LogP contribution in [0.4, 0.5) is 11.6 Å². The molecular weight excluding hydrogens is 252 g/mol. The van der Waals surface area contributed by atoms with Crippen LogP contribution < -0.4 is 11.1 Å². The summed E-state index contributed by atoms with van der Waals surface area (Å²) in [7, 11) is 0. The fraction of sp³-hybridized carbons (Fsp3) is 0.167. The van der Waals surface area contributed by atoms with E-state index in [1.807, 2.05) is 30.3 Å². The van der Waals surface area contributed by atoms with Crippen LogP contribution in [-0.2, 0) is 0 Å². The van der Waals surface area contributed by atoms with Crippen molar-refractivity contribution in [3.05, 3.63) is 47.2 Å². The Bertz CT molecular complexity index is 521. The molecule has 6 heteroatoms. The average Bonchev–Trinajstić information content (AvgIpc) is 2.41. The lowest BCUT2D eigenvalue weighted by atomic mass is 10.1. The molecular formula is C12H13ClN4O. The molecule has 1 unspecified atom stereocenters. The second-order valence-corrected chi connectivity index (χ2v) is 4.09. The second kappa shape index (κ2) is 5.66. The van der Waals surface area contributed by atoms with Crippen LogP contribution >= 0.6 is 11.6 Å². The Hall–Kier alpha value is -1.85. The fourth-order valence-electron chi connectivity index (χ4n) is 1.57. The average molecular weight is 265 g/mol. The number of aliphatic hydroxyl groups excluding tert-OH is 1. The van der Waals surface area contributed by atoms with Crippen LogP contribution in [0.15, 0.2) is 36.7 Å². The number of hydrogen-bond acceptors (Lipinski definition) is 5. The highest BCUT2D eigenvalue weighted by molar-refractivity contribution is 6.35. The molecule has 1 atom stereocenters. The Morgan fingerprint density at radius 3 is 2.67 bits per heavy atom. The van der Waals surface area contributed by atoms with E-state index >= 15 is 0 Å². The minimum atomic E-state index is -0.294. The van der Waals surface area contributed by atoms with Crippen molar-refractivity contribution in [3.8, 4) is 0 Å². The highest BCUT2D eigenvalue weighted by Crippen LogP contribution is 2.26. The normalized spacial score (nSPS) is 12.1. The maximum absolute atomic E-state index is 9.42. The van der Waals surface area contributed by atoms with Crippen molar-refractivity contribution in [1.29, 1.82) is 0 Å². The van der Waals surface area contributed by atoms with Crippen molar-refractivity contribution in [2.24, 2.45) is 0 Å². The van der Waals surface area contributed by atoms with Crippen LogP contribution in [0, 0.1) is 0 Å². The summed E-state index contributed by atoms with van der Waals surface area (Å²) in [5, 5.41) is 12.7. The number of aromatic nitrogens is 2. The second-order valence-electron chi connectivity index (χ2n) is 3.71. The van der Waals surface area contributed by atoms with E-state index in [4.69, 9.17) is 17.3 Å². The number of nitrogens with zero attached hydrogens (tertiary/aromatic N) is 2. The number of nitrogens with one attached hydrogen (secondary N) is 1. The Morgan fingerprint density at radius 1 is 1.28 bits per heavy atom. The zero-order valence-corrected chi connectivity index (χ0v) is 10.3. The third-order valence-electron chi connectivity index (χ3n) is 2.51. The molecule has 0 saturated heterocycles. The lowest BCUT2D eigenvalue weighted by Crippen LogP contribution is -2.16. The molecule has 0 saturated carbocycles. The molecule has 1 heterocycles. The first kappa shape index (κ1) is 12.6. The Morgan fingerprint density at radius 2 is 2.00 bits per heavy atom. The number of benzene rings is 1. The lowest BCUT2D eigenvalue weighted by Gasteiger charge is -2.18. The van der Waals surface area contributed by atoms with E-state index in [9.17, 15) is 5.11 Å². The largest absolute Gasteiger partial charge is 0.394 e. The minimum Gasteiger partial charge on any atom is -0.394 e. The van der Waals surface area contributed by atoms with Crippen molar-refractivity contribution < 1.29 is 5.11 Å². The van der Waals surface area contributed by atoms with Gasteiger partial charge in [0.15, 0.2) is 5.82 Å². The number of aliphatic hydroxyl groups is 1. The molecule has 0 aliphatic rings. The predicted octanol–water partition coefficient (Wildman–Crippen LogP) is 1.86. The van der Waals surface area contributed by atoms with Gasteiger partial charge in [0.2, 0.25) is 0 Å². The van der Waals surface area contributed by atoms with Gasteiger partial charge in [0.25, 0.3) is 0 Å². The van der Waals surface area contributed by atoms with Crippen LogP contribution in [0.3, 0.4) is 0 Å². The van der Waals surface area contributed by atoms with Crippen LogP contribution in [0.5, 0.6) is 0 Å². The lowest BCUT2D eigenvalue weighted by molar-refractivity contribution is 0.276. The molecule has 0 aliphatic heterocycles. The van der Waals surface area contributed by atoms with Gasteiger partial charge in [-0.05, 0) is 5.56 Å². The molecule has 0 amide bonds. The van der Waals surface area contributed by atoms with E-state index in [1.165, 1.54) is 6.33 Å². The number of nitrogens with two attached hydrogens (primary N) is 1. The van der Waals surface area contributed by atoms with Crippen LogP contribution in [-0.4, -0.2) is 21.7 Å². The first-order valence-corrected chi connectivity index (χ1v) is 5.78. The molecule has 1 aromatic carbocycles. The maximum atomic E-state index is 9.42. The standard InChI is InChI=1S/C12H13ClN4O/c13-10-11(14)15-7-16-12(10)17-9(6-18)8-4-2-1-3-5-8/h1-5,7,9,18H,6H2,(H3,14,15,16,17). The van der Waals surface area contributed by atoms with Gasteiger partial charge in [-0.15, -0.1) is 0 Å². The summed E-state index contributed by atoms with van der Waals surface area (Å²) < 4.78 is 0. The molecule has 94 valence electrons. The monoisotopic (exact) mass is 264 g/mol. The van der Waals surface area contributed by atoms with Gasteiger partial charge < -0.3 is 16.2 Å². The quantitative estimate of drug-likeness (QED) is 0.785. The smallest absolute Gasteiger partial charge is 0.151 e. The number of hydrogen-bond donors (Lipinski definition) is 3.